The third-order valence-corrected chi connectivity index (χ3v) is 1.89. The van der Waals surface area contributed by atoms with Crippen molar-refractivity contribution >= 4 is 22.4 Å². The van der Waals surface area contributed by atoms with Gasteiger partial charge < -0.3 is 0 Å². The van der Waals surface area contributed by atoms with E-state index < -0.39 is 34.4 Å². The minimum atomic E-state index is -5.23. The van der Waals surface area contributed by atoms with Gasteiger partial charge in [-0.25, -0.2) is 4.98 Å². The Morgan fingerprint density at radius 3 is 2.31 bits per heavy atom. The van der Waals surface area contributed by atoms with Crippen molar-refractivity contribution in [2.24, 2.45) is 0 Å². The van der Waals surface area contributed by atoms with Crippen molar-refractivity contribution in [1.29, 1.82) is 0 Å². The number of carbonyl (C=O) groups excluding carboxylic acids is 1. The number of aromatic nitrogens is 1. The highest BCUT2D eigenvalue weighted by Gasteiger charge is 2.40. The Morgan fingerprint density at radius 1 is 1.38 bits per heavy atom. The molecule has 0 aliphatic heterocycles. The van der Waals surface area contributed by atoms with Crippen molar-refractivity contribution in [1.82, 2.24) is 4.98 Å². The highest BCUT2D eigenvalue weighted by Crippen LogP contribution is 2.32. The Morgan fingerprint density at radius 2 is 1.94 bits per heavy atom. The first-order chi connectivity index (χ1) is 7.51. The van der Waals surface area contributed by atoms with Crippen molar-refractivity contribution in [3.8, 4) is 0 Å². The van der Waals surface area contributed by atoms with E-state index in [9.17, 15) is 31.1 Å². The molecule has 1 amide bonds. The van der Waals surface area contributed by atoms with E-state index >= 15 is 0 Å². The SMILES string of the molecule is [2H]c1sc(NC(=O)C(F)(F)F)nc1C(F)(F)F. The minimum Gasteiger partial charge on any atom is -0.294 e. The van der Waals surface area contributed by atoms with Gasteiger partial charge in [-0.2, -0.15) is 26.3 Å². The summed E-state index contributed by atoms with van der Waals surface area (Å²) in [6.07, 6.45) is -10.2. The predicted molar refractivity (Wildman–Crippen MR) is 41.8 cm³/mol. The number of amides is 1. The second-order valence-corrected chi connectivity index (χ2v) is 3.21. The lowest BCUT2D eigenvalue weighted by Crippen LogP contribution is -2.29. The molecule has 0 saturated heterocycles. The van der Waals surface area contributed by atoms with E-state index in [4.69, 9.17) is 1.37 Å². The summed E-state index contributed by atoms with van der Waals surface area (Å²) in [6, 6.07) is 0. The topological polar surface area (TPSA) is 42.0 Å². The molecule has 0 atom stereocenters. The Hall–Kier alpha value is -1.32. The van der Waals surface area contributed by atoms with E-state index in [0.29, 0.717) is 0 Å². The Labute approximate surface area is 89.5 Å². The van der Waals surface area contributed by atoms with E-state index in [2.05, 4.69) is 4.98 Å². The molecular formula is C6H2F6N2OS. The number of halogens is 6. The fourth-order valence-corrected chi connectivity index (χ4v) is 1.22. The molecule has 0 aromatic carbocycles. The molecule has 1 rings (SSSR count). The van der Waals surface area contributed by atoms with Gasteiger partial charge in [-0.05, 0) is 0 Å². The van der Waals surface area contributed by atoms with E-state index in [0.717, 1.165) is 5.32 Å². The van der Waals surface area contributed by atoms with Gasteiger partial charge in [0.25, 0.3) is 0 Å². The molecule has 0 aliphatic rings. The van der Waals surface area contributed by atoms with Crippen LogP contribution in [-0.2, 0) is 11.0 Å². The van der Waals surface area contributed by atoms with Crippen molar-refractivity contribution < 1.29 is 32.5 Å². The number of hydrogen-bond donors (Lipinski definition) is 1. The van der Waals surface area contributed by atoms with Gasteiger partial charge in [0.05, 0.1) is 1.37 Å². The lowest BCUT2D eigenvalue weighted by molar-refractivity contribution is -0.167. The zero-order chi connectivity index (χ0) is 13.4. The summed E-state index contributed by atoms with van der Waals surface area (Å²) in [5, 5.41) is -0.862. The fourth-order valence-electron chi connectivity index (χ4n) is 0.587. The monoisotopic (exact) mass is 265 g/mol. The van der Waals surface area contributed by atoms with Gasteiger partial charge in [0.1, 0.15) is 0 Å². The Balaban J connectivity index is 2.93. The average molecular weight is 265 g/mol. The molecular weight excluding hydrogens is 262 g/mol. The summed E-state index contributed by atoms with van der Waals surface area (Å²) in [4.78, 5) is 13.1. The van der Waals surface area contributed by atoms with Gasteiger partial charge in [-0.3, -0.25) is 10.1 Å². The molecule has 0 radical (unpaired) electrons. The summed E-state index contributed by atoms with van der Waals surface area (Å²) in [7, 11) is 0. The molecule has 16 heavy (non-hydrogen) atoms. The van der Waals surface area contributed by atoms with Crippen molar-refractivity contribution in [3.63, 3.8) is 0 Å². The third kappa shape index (κ3) is 3.08. The number of rotatable bonds is 1. The van der Waals surface area contributed by atoms with Crippen LogP contribution in [0.15, 0.2) is 5.36 Å². The molecule has 1 N–H and O–H groups in total. The second-order valence-electron chi connectivity index (χ2n) is 2.42. The number of hydrogen-bond acceptors (Lipinski definition) is 3. The molecule has 0 fully saturated rings. The van der Waals surface area contributed by atoms with Crippen LogP contribution < -0.4 is 5.32 Å². The first-order valence-electron chi connectivity index (χ1n) is 3.94. The maximum atomic E-state index is 12.1. The van der Waals surface area contributed by atoms with Crippen molar-refractivity contribution in [3.05, 3.63) is 11.1 Å². The van der Waals surface area contributed by atoms with Crippen molar-refractivity contribution in [2.75, 3.05) is 5.32 Å². The zero-order valence-electron chi connectivity index (χ0n) is 8.03. The molecule has 3 nitrogen and oxygen atoms in total. The van der Waals surface area contributed by atoms with E-state index in [1.807, 2.05) is 0 Å². The van der Waals surface area contributed by atoms with Crippen LogP contribution in [0.1, 0.15) is 7.06 Å². The van der Waals surface area contributed by atoms with Crippen LogP contribution in [0.2, 0.25) is 0 Å². The van der Waals surface area contributed by atoms with Crippen LogP contribution in [-0.4, -0.2) is 17.1 Å². The first kappa shape index (κ1) is 11.2. The van der Waals surface area contributed by atoms with Gasteiger partial charge in [-0.1, -0.05) is 0 Å². The number of carbonyl (C=O) groups is 1. The van der Waals surface area contributed by atoms with Gasteiger partial charge >= 0.3 is 18.3 Å². The number of nitrogens with one attached hydrogen (secondary N) is 1. The van der Waals surface area contributed by atoms with Gasteiger partial charge in [0, 0.05) is 5.36 Å². The molecule has 0 aliphatic carbocycles. The smallest absolute Gasteiger partial charge is 0.294 e. The summed E-state index contributed by atoms with van der Waals surface area (Å²) in [6.45, 7) is 0. The molecule has 1 aromatic heterocycles. The summed E-state index contributed by atoms with van der Waals surface area (Å²) >= 11 is -0.0107. The highest BCUT2D eigenvalue weighted by molar-refractivity contribution is 7.13. The maximum absolute atomic E-state index is 12.1. The van der Waals surface area contributed by atoms with E-state index in [1.54, 1.807) is 0 Å². The summed E-state index contributed by atoms with van der Waals surface area (Å²) in [5.41, 5.74) is -1.64. The minimum absolute atomic E-state index is 0.0107. The molecule has 0 spiro atoms. The van der Waals surface area contributed by atoms with E-state index in [1.165, 1.54) is 0 Å². The normalized spacial score (nSPS) is 13.5. The fraction of sp³-hybridized carbons (Fsp3) is 0.333. The van der Waals surface area contributed by atoms with Gasteiger partial charge in [0.2, 0.25) is 0 Å². The molecule has 10 heteroatoms. The quantitative estimate of drug-likeness (QED) is 0.793. The van der Waals surface area contributed by atoms with Gasteiger partial charge in [-0.15, -0.1) is 11.3 Å². The molecule has 0 saturated carbocycles. The third-order valence-electron chi connectivity index (χ3n) is 1.20. The Bertz CT molecular complexity index is 439. The lowest BCUT2D eigenvalue weighted by Gasteiger charge is -2.04. The van der Waals surface area contributed by atoms with Crippen LogP contribution >= 0.6 is 11.3 Å². The lowest BCUT2D eigenvalue weighted by atomic mass is 10.5. The maximum Gasteiger partial charge on any atom is 0.471 e. The average Bonchev–Trinajstić information content (AvgIpc) is 2.44. The molecule has 1 aromatic rings. The summed E-state index contributed by atoms with van der Waals surface area (Å²) in [5.74, 6) is -2.44. The van der Waals surface area contributed by atoms with Crippen LogP contribution in [0, 0.1) is 0 Å². The largest absolute Gasteiger partial charge is 0.471 e. The zero-order valence-corrected chi connectivity index (χ0v) is 7.85. The number of anilines is 1. The summed E-state index contributed by atoms with van der Waals surface area (Å²) < 4.78 is 78.5. The predicted octanol–water partition coefficient (Wildman–Crippen LogP) is 2.66. The molecule has 90 valence electrons. The Kier molecular flexibility index (Phi) is 2.74. The van der Waals surface area contributed by atoms with Crippen LogP contribution in [0.3, 0.4) is 0 Å². The van der Waals surface area contributed by atoms with Gasteiger partial charge in [0.15, 0.2) is 10.8 Å². The standard InChI is InChI=1S/C6H2F6N2OS/c7-5(8,9)2-1-16-4(13-2)14-3(15)6(10,11)12/h1H,(H,13,14,15)/i1D. The number of alkyl halides is 6. The number of nitrogens with zero attached hydrogens (tertiary/aromatic N) is 1. The van der Waals surface area contributed by atoms with Crippen LogP contribution in [0.25, 0.3) is 0 Å². The van der Waals surface area contributed by atoms with Crippen LogP contribution in [0.4, 0.5) is 31.5 Å². The van der Waals surface area contributed by atoms with Crippen LogP contribution in [0.5, 0.6) is 0 Å². The number of thiazole rings is 1. The highest BCUT2D eigenvalue weighted by atomic mass is 32.1. The molecule has 1 heterocycles. The molecule has 0 unspecified atom stereocenters. The molecule has 0 bridgehead atoms. The second kappa shape index (κ2) is 3.92. The van der Waals surface area contributed by atoms with Crippen molar-refractivity contribution in [2.45, 2.75) is 12.4 Å². The first-order valence-corrected chi connectivity index (χ1v) is 4.26. The van der Waals surface area contributed by atoms with E-state index in [-0.39, 0.29) is 11.3 Å².